The van der Waals surface area contributed by atoms with Crippen LogP contribution in [0.2, 0.25) is 0 Å². The van der Waals surface area contributed by atoms with Gasteiger partial charge >= 0.3 is 18.9 Å². The summed E-state index contributed by atoms with van der Waals surface area (Å²) in [6.45, 7) is 2.11. The number of rotatable bonds is 3. The number of hydrogen-bond donors (Lipinski definition) is 0. The number of hydrogen-bond acceptors (Lipinski definition) is 0. The molecule has 0 aliphatic heterocycles. The van der Waals surface area contributed by atoms with Gasteiger partial charge in [0.15, 0.2) is 0 Å². The van der Waals surface area contributed by atoms with Gasteiger partial charge in [0.1, 0.15) is 0 Å². The van der Waals surface area contributed by atoms with E-state index in [-0.39, 0.29) is 24.4 Å². The molecule has 0 N–H and O–H groups in total. The van der Waals surface area contributed by atoms with Crippen molar-refractivity contribution in [1.29, 1.82) is 0 Å². The Morgan fingerprint density at radius 2 is 1.72 bits per heavy atom. The molecule has 2 aromatic carbocycles. The molecule has 0 saturated heterocycles. The molecule has 18 heavy (non-hydrogen) atoms. The molecule has 0 unspecified atom stereocenters. The van der Waals surface area contributed by atoms with Crippen molar-refractivity contribution >= 4 is 0 Å². The molecule has 0 heterocycles. The van der Waals surface area contributed by atoms with Gasteiger partial charge in [-0.15, -0.1) is 6.07 Å². The smallest absolute Gasteiger partial charge is 0.281 e. The summed E-state index contributed by atoms with van der Waals surface area (Å²) in [5, 5.41) is 0. The summed E-state index contributed by atoms with van der Waals surface area (Å²) in [6.07, 6.45) is 2.07. The van der Waals surface area contributed by atoms with E-state index in [2.05, 4.69) is 13.0 Å². The van der Waals surface area contributed by atoms with Crippen molar-refractivity contribution in [2.24, 2.45) is 0 Å². The Balaban J connectivity index is 0.00000162. The van der Waals surface area contributed by atoms with Crippen LogP contribution in [0.5, 0.6) is 0 Å². The van der Waals surface area contributed by atoms with Gasteiger partial charge in [0.25, 0.3) is 0 Å². The summed E-state index contributed by atoms with van der Waals surface area (Å²) in [7, 11) is 0. The molecule has 0 bridgehead atoms. The fraction of sp³-hybridized carbons (Fsp3) is 0.200. The Kier molecular flexibility index (Phi) is 5.59. The Morgan fingerprint density at radius 3 is 2.33 bits per heavy atom. The van der Waals surface area contributed by atoms with Crippen LogP contribution in [0, 0.1) is 17.7 Å². The molecule has 0 atom stereocenters. The van der Waals surface area contributed by atoms with E-state index in [1.165, 1.54) is 17.7 Å². The Labute approximate surface area is 118 Å². The topological polar surface area (TPSA) is 0 Å². The van der Waals surface area contributed by atoms with Crippen LogP contribution in [-0.4, -0.2) is 0 Å². The molecule has 0 spiro atoms. The van der Waals surface area contributed by atoms with Gasteiger partial charge < -0.3 is 0 Å². The van der Waals surface area contributed by atoms with E-state index in [0.717, 1.165) is 12.8 Å². The van der Waals surface area contributed by atoms with E-state index in [9.17, 15) is 8.78 Å². The van der Waals surface area contributed by atoms with Crippen LogP contribution >= 0.6 is 0 Å². The minimum Gasteiger partial charge on any atom is -0.281 e. The number of aryl methyl sites for hydroxylation is 1. The second kappa shape index (κ2) is 6.73. The summed E-state index contributed by atoms with van der Waals surface area (Å²) >= 11 is 0. The first-order valence-electron chi connectivity index (χ1n) is 5.67. The molecule has 0 fully saturated rings. The zero-order valence-electron chi connectivity index (χ0n) is 10.6. The van der Waals surface area contributed by atoms with Gasteiger partial charge in [-0.3, -0.25) is 4.39 Å². The minimum absolute atomic E-state index is 0. The maximum atomic E-state index is 13.5. The predicted octanol–water partition coefficient (Wildman–Crippen LogP) is 1.39. The molecular weight excluding hydrogens is 225 g/mol. The summed E-state index contributed by atoms with van der Waals surface area (Å²) < 4.78 is 26.6. The van der Waals surface area contributed by atoms with Gasteiger partial charge in [0.05, 0.1) is 5.82 Å². The van der Waals surface area contributed by atoms with Crippen molar-refractivity contribution in [1.82, 2.24) is 0 Å². The summed E-state index contributed by atoms with van der Waals surface area (Å²) in [4.78, 5) is 0. The van der Waals surface area contributed by atoms with Crippen LogP contribution in [-0.2, 0) is 6.42 Å². The van der Waals surface area contributed by atoms with Crippen LogP contribution < -0.4 is 18.9 Å². The third-order valence-corrected chi connectivity index (χ3v) is 2.69. The first-order chi connectivity index (χ1) is 8.22. The maximum absolute atomic E-state index is 13.5. The van der Waals surface area contributed by atoms with Gasteiger partial charge in [-0.2, -0.15) is 12.1 Å². The first kappa shape index (κ1) is 15.0. The maximum Gasteiger partial charge on any atom is 1.00 e. The van der Waals surface area contributed by atoms with Gasteiger partial charge in [-0.25, -0.2) is 4.39 Å². The van der Waals surface area contributed by atoms with E-state index in [0.29, 0.717) is 5.56 Å². The monoisotopic (exact) mass is 238 g/mol. The average Bonchev–Trinajstić information content (AvgIpc) is 2.34. The molecule has 2 rings (SSSR count). The zero-order chi connectivity index (χ0) is 12.3. The Morgan fingerprint density at radius 1 is 1.06 bits per heavy atom. The van der Waals surface area contributed by atoms with Crippen LogP contribution in [0.3, 0.4) is 0 Å². The largest absolute Gasteiger partial charge is 1.00 e. The fourth-order valence-corrected chi connectivity index (χ4v) is 1.82. The Hall–Kier alpha value is -1.10. The molecule has 0 nitrogen and oxygen atoms in total. The van der Waals surface area contributed by atoms with Crippen molar-refractivity contribution < 1.29 is 27.6 Å². The quantitative estimate of drug-likeness (QED) is 0.560. The minimum atomic E-state index is -0.930. The van der Waals surface area contributed by atoms with Crippen molar-refractivity contribution in [3.63, 3.8) is 0 Å². The van der Waals surface area contributed by atoms with Crippen molar-refractivity contribution in [3.05, 3.63) is 59.7 Å². The third kappa shape index (κ3) is 3.22. The molecule has 2 aromatic rings. The zero-order valence-corrected chi connectivity index (χ0v) is 10.6. The molecule has 0 amide bonds. The molecule has 88 valence electrons. The second-order valence-corrected chi connectivity index (χ2v) is 3.97. The van der Waals surface area contributed by atoms with Crippen LogP contribution in [0.4, 0.5) is 8.78 Å². The van der Waals surface area contributed by atoms with Gasteiger partial charge in [-0.05, 0) is 17.5 Å². The molecule has 3 heteroatoms. The number of benzene rings is 2. The predicted molar refractivity (Wildman–Crippen MR) is 64.6 cm³/mol. The normalized spacial score (nSPS) is 9.94. The molecular formula is C15H13F2Li. The molecule has 0 saturated carbocycles. The second-order valence-electron chi connectivity index (χ2n) is 3.97. The van der Waals surface area contributed by atoms with E-state index in [1.54, 1.807) is 0 Å². The molecule has 0 radical (unpaired) electrons. The van der Waals surface area contributed by atoms with E-state index >= 15 is 0 Å². The number of halogens is 2. The van der Waals surface area contributed by atoms with Gasteiger partial charge in [0, 0.05) is 5.82 Å². The molecule has 0 aliphatic rings. The van der Waals surface area contributed by atoms with Crippen LogP contribution in [0.1, 0.15) is 18.9 Å². The fourth-order valence-electron chi connectivity index (χ4n) is 1.82. The SMILES string of the molecule is CCCc1ccc(-c2cc[c-]c(F)c2F)cc1.[Li+]. The molecule has 0 aliphatic carbocycles. The van der Waals surface area contributed by atoms with E-state index < -0.39 is 11.6 Å². The van der Waals surface area contributed by atoms with Crippen LogP contribution in [0.25, 0.3) is 11.1 Å². The van der Waals surface area contributed by atoms with E-state index in [4.69, 9.17) is 0 Å². The Bertz CT molecular complexity index is 506. The van der Waals surface area contributed by atoms with Crippen molar-refractivity contribution in [2.45, 2.75) is 19.8 Å². The summed E-state index contributed by atoms with van der Waals surface area (Å²) in [5.41, 5.74) is 2.18. The van der Waals surface area contributed by atoms with Gasteiger partial charge in [0.2, 0.25) is 0 Å². The third-order valence-electron chi connectivity index (χ3n) is 2.69. The standard InChI is InChI=1S/C15H13F2.Li/c1-2-4-11-7-9-12(10-8-11)13-5-3-6-14(16)15(13)17;/h3,5,7-10H,2,4H2,1H3;/q-1;+1. The first-order valence-corrected chi connectivity index (χ1v) is 5.67. The molecule has 0 aromatic heterocycles. The van der Waals surface area contributed by atoms with Crippen molar-refractivity contribution in [2.75, 3.05) is 0 Å². The van der Waals surface area contributed by atoms with Crippen molar-refractivity contribution in [3.8, 4) is 11.1 Å². The van der Waals surface area contributed by atoms with Gasteiger partial charge in [-0.1, -0.05) is 43.2 Å². The summed E-state index contributed by atoms with van der Waals surface area (Å²) in [5.74, 6) is -1.77. The average molecular weight is 238 g/mol. The van der Waals surface area contributed by atoms with Crippen LogP contribution in [0.15, 0.2) is 36.4 Å². The summed E-state index contributed by atoms with van der Waals surface area (Å²) in [6, 6.07) is 12.7. The van der Waals surface area contributed by atoms with E-state index in [1.807, 2.05) is 24.3 Å².